The van der Waals surface area contributed by atoms with E-state index < -0.39 is 5.79 Å². The normalized spacial score (nSPS) is 23.4. The van der Waals surface area contributed by atoms with Crippen molar-refractivity contribution < 1.29 is 19.1 Å². The van der Waals surface area contributed by atoms with Gasteiger partial charge in [0.2, 0.25) is 5.91 Å². The van der Waals surface area contributed by atoms with Gasteiger partial charge in [0.1, 0.15) is 0 Å². The molecule has 1 aromatic carbocycles. The second-order valence-corrected chi connectivity index (χ2v) is 7.37. The van der Waals surface area contributed by atoms with Gasteiger partial charge in [-0.05, 0) is 25.0 Å². The van der Waals surface area contributed by atoms with Crippen LogP contribution in [-0.4, -0.2) is 66.8 Å². The van der Waals surface area contributed by atoms with Gasteiger partial charge in [-0.25, -0.2) is 0 Å². The molecule has 0 saturated carbocycles. The van der Waals surface area contributed by atoms with Gasteiger partial charge in [0.25, 0.3) is 5.91 Å². The fraction of sp³-hybridized carbons (Fsp3) is 0.600. The number of ether oxygens (including phenoxy) is 2. The molecular weight excluding hydrogens is 332 g/mol. The van der Waals surface area contributed by atoms with Gasteiger partial charge in [-0.3, -0.25) is 9.59 Å². The lowest BCUT2D eigenvalue weighted by Gasteiger charge is -2.40. The predicted molar refractivity (Wildman–Crippen MR) is 95.5 cm³/mol. The number of amides is 2. The van der Waals surface area contributed by atoms with Gasteiger partial charge in [-0.2, -0.15) is 0 Å². The summed E-state index contributed by atoms with van der Waals surface area (Å²) in [4.78, 5) is 29.2. The number of hydrogen-bond acceptors (Lipinski definition) is 4. The third-order valence-electron chi connectivity index (χ3n) is 5.80. The molecule has 0 aromatic heterocycles. The highest BCUT2D eigenvalue weighted by Gasteiger charge is 2.42. The fourth-order valence-corrected chi connectivity index (χ4v) is 4.20. The van der Waals surface area contributed by atoms with Crippen molar-refractivity contribution in [3.63, 3.8) is 0 Å². The van der Waals surface area contributed by atoms with Crippen LogP contribution in [0.25, 0.3) is 0 Å². The number of likely N-dealkylation sites (tertiary alicyclic amines) is 2. The molecule has 0 N–H and O–H groups in total. The van der Waals surface area contributed by atoms with Crippen LogP contribution in [0.2, 0.25) is 0 Å². The summed E-state index contributed by atoms with van der Waals surface area (Å²) in [5, 5.41) is 0. The predicted octanol–water partition coefficient (Wildman–Crippen LogP) is 1.90. The first-order chi connectivity index (χ1) is 12.7. The summed E-state index contributed by atoms with van der Waals surface area (Å²) in [7, 11) is 0. The van der Waals surface area contributed by atoms with Crippen molar-refractivity contribution in [1.29, 1.82) is 0 Å². The Labute approximate surface area is 154 Å². The largest absolute Gasteiger partial charge is 0.347 e. The van der Waals surface area contributed by atoms with Crippen LogP contribution in [0, 0.1) is 5.92 Å². The summed E-state index contributed by atoms with van der Waals surface area (Å²) >= 11 is 0. The van der Waals surface area contributed by atoms with Crippen LogP contribution in [0.4, 0.5) is 0 Å². The Morgan fingerprint density at radius 3 is 2.12 bits per heavy atom. The van der Waals surface area contributed by atoms with E-state index in [1.165, 1.54) is 0 Å². The van der Waals surface area contributed by atoms with Crippen molar-refractivity contribution in [3.05, 3.63) is 35.9 Å². The summed E-state index contributed by atoms with van der Waals surface area (Å²) in [6, 6.07) is 9.35. The van der Waals surface area contributed by atoms with E-state index in [9.17, 15) is 9.59 Å². The molecule has 3 fully saturated rings. The zero-order valence-corrected chi connectivity index (χ0v) is 15.1. The van der Waals surface area contributed by atoms with Crippen molar-refractivity contribution in [2.24, 2.45) is 5.92 Å². The van der Waals surface area contributed by atoms with Crippen molar-refractivity contribution in [2.75, 3.05) is 39.4 Å². The van der Waals surface area contributed by atoms with E-state index in [2.05, 4.69) is 0 Å². The minimum atomic E-state index is -0.442. The maximum atomic E-state index is 12.8. The highest BCUT2D eigenvalue weighted by atomic mass is 16.7. The van der Waals surface area contributed by atoms with E-state index in [0.29, 0.717) is 39.4 Å². The van der Waals surface area contributed by atoms with Crippen LogP contribution >= 0.6 is 0 Å². The summed E-state index contributed by atoms with van der Waals surface area (Å²) in [6.07, 6.45) is 2.99. The molecular formula is C20H26N2O4. The monoisotopic (exact) mass is 358 g/mol. The summed E-state index contributed by atoms with van der Waals surface area (Å²) < 4.78 is 11.5. The van der Waals surface area contributed by atoms with Gasteiger partial charge in [0, 0.05) is 50.5 Å². The Kier molecular flexibility index (Phi) is 4.96. The fourth-order valence-electron chi connectivity index (χ4n) is 4.20. The highest BCUT2D eigenvalue weighted by molar-refractivity contribution is 5.94. The quantitative estimate of drug-likeness (QED) is 0.810. The Morgan fingerprint density at radius 1 is 0.885 bits per heavy atom. The topological polar surface area (TPSA) is 59.1 Å². The number of carbonyl (C=O) groups is 2. The Morgan fingerprint density at radius 2 is 1.50 bits per heavy atom. The average Bonchev–Trinajstić information content (AvgIpc) is 3.16. The van der Waals surface area contributed by atoms with Gasteiger partial charge in [-0.1, -0.05) is 18.2 Å². The molecule has 3 aliphatic heterocycles. The standard InChI is InChI=1S/C20H26N2O4/c23-18(16-4-2-1-3-5-16)21-10-6-17(7-11-21)19(24)22-12-8-20(9-13-22)25-14-15-26-20/h1-5,17H,6-15H2. The number of rotatable bonds is 2. The van der Waals surface area contributed by atoms with Gasteiger partial charge in [0.05, 0.1) is 13.2 Å². The van der Waals surface area contributed by atoms with Crippen molar-refractivity contribution in [2.45, 2.75) is 31.5 Å². The van der Waals surface area contributed by atoms with Crippen LogP contribution in [0.1, 0.15) is 36.0 Å². The minimum absolute atomic E-state index is 0.0225. The molecule has 6 nitrogen and oxygen atoms in total. The third kappa shape index (κ3) is 3.48. The lowest BCUT2D eigenvalue weighted by atomic mass is 9.93. The van der Waals surface area contributed by atoms with Crippen LogP contribution in [0.3, 0.4) is 0 Å². The molecule has 2 amide bonds. The van der Waals surface area contributed by atoms with Crippen molar-refractivity contribution >= 4 is 11.8 Å². The Bertz CT molecular complexity index is 639. The Hall–Kier alpha value is -1.92. The summed E-state index contributed by atoms with van der Waals surface area (Å²) in [6.45, 7) is 4.00. The van der Waals surface area contributed by atoms with E-state index in [1.807, 2.05) is 40.1 Å². The zero-order chi connectivity index (χ0) is 18.0. The third-order valence-corrected chi connectivity index (χ3v) is 5.80. The molecule has 0 aliphatic carbocycles. The molecule has 4 rings (SSSR count). The molecule has 0 bridgehead atoms. The number of nitrogens with zero attached hydrogens (tertiary/aromatic N) is 2. The molecule has 0 radical (unpaired) electrons. The maximum Gasteiger partial charge on any atom is 0.253 e. The first-order valence-electron chi connectivity index (χ1n) is 9.58. The van der Waals surface area contributed by atoms with E-state index in [4.69, 9.17) is 9.47 Å². The first-order valence-corrected chi connectivity index (χ1v) is 9.58. The molecule has 3 aliphatic rings. The van der Waals surface area contributed by atoms with Gasteiger partial charge >= 0.3 is 0 Å². The summed E-state index contributed by atoms with van der Waals surface area (Å²) in [5.41, 5.74) is 0.718. The lowest BCUT2D eigenvalue weighted by Crippen LogP contribution is -2.50. The smallest absolute Gasteiger partial charge is 0.253 e. The molecule has 140 valence electrons. The lowest BCUT2D eigenvalue weighted by molar-refractivity contribution is -0.188. The second kappa shape index (κ2) is 7.37. The van der Waals surface area contributed by atoms with E-state index >= 15 is 0 Å². The molecule has 3 heterocycles. The molecule has 1 spiro atoms. The van der Waals surface area contributed by atoms with Gasteiger partial charge in [0.15, 0.2) is 5.79 Å². The number of piperidine rings is 2. The van der Waals surface area contributed by atoms with Crippen molar-refractivity contribution in [1.82, 2.24) is 9.80 Å². The van der Waals surface area contributed by atoms with Crippen molar-refractivity contribution in [3.8, 4) is 0 Å². The molecule has 6 heteroatoms. The van der Waals surface area contributed by atoms with Crippen LogP contribution in [0.5, 0.6) is 0 Å². The van der Waals surface area contributed by atoms with Crippen LogP contribution in [0.15, 0.2) is 30.3 Å². The molecule has 3 saturated heterocycles. The Balaban J connectivity index is 1.28. The maximum absolute atomic E-state index is 12.8. The summed E-state index contributed by atoms with van der Waals surface area (Å²) in [5.74, 6) is -0.131. The molecule has 0 unspecified atom stereocenters. The number of hydrogen-bond donors (Lipinski definition) is 0. The van der Waals surface area contributed by atoms with Gasteiger partial charge in [-0.15, -0.1) is 0 Å². The van der Waals surface area contributed by atoms with E-state index in [-0.39, 0.29) is 17.7 Å². The SMILES string of the molecule is O=C(c1ccccc1)N1CCC(C(=O)N2CCC3(CC2)OCCO3)CC1. The second-order valence-electron chi connectivity index (χ2n) is 7.37. The first kappa shape index (κ1) is 17.5. The molecule has 26 heavy (non-hydrogen) atoms. The zero-order valence-electron chi connectivity index (χ0n) is 15.1. The molecule has 0 atom stereocenters. The van der Waals surface area contributed by atoms with Gasteiger partial charge < -0.3 is 19.3 Å². The number of benzene rings is 1. The van der Waals surface area contributed by atoms with E-state index in [0.717, 1.165) is 31.2 Å². The van der Waals surface area contributed by atoms with Crippen LogP contribution < -0.4 is 0 Å². The van der Waals surface area contributed by atoms with E-state index in [1.54, 1.807) is 0 Å². The average molecular weight is 358 g/mol. The highest BCUT2D eigenvalue weighted by Crippen LogP contribution is 2.32. The molecule has 1 aromatic rings. The minimum Gasteiger partial charge on any atom is -0.347 e. The van der Waals surface area contributed by atoms with Crippen LogP contribution in [-0.2, 0) is 14.3 Å². The number of carbonyl (C=O) groups excluding carboxylic acids is 2.